The van der Waals surface area contributed by atoms with E-state index in [1.807, 2.05) is 0 Å². The molecule has 1 saturated heterocycles. The Morgan fingerprint density at radius 3 is 0.571 bits per heavy atom. The summed E-state index contributed by atoms with van der Waals surface area (Å²) in [6.07, 6.45) is 0. The SMILES string of the molecule is C1OCOCOCOCOCOCO1. The summed E-state index contributed by atoms with van der Waals surface area (Å²) in [4.78, 5) is 0. The quantitative estimate of drug-likeness (QED) is 0.549. The first-order valence-corrected chi connectivity index (χ1v) is 4.04. The standard InChI is InChI=1S/C7H14O7/c1-8-2-10-4-12-6-14-7-13-5-11-3-9-1/h1-7H2. The minimum Gasteiger partial charge on any atom is -0.329 e. The van der Waals surface area contributed by atoms with Gasteiger partial charge in [0.15, 0.2) is 47.6 Å². The Morgan fingerprint density at radius 2 is 0.429 bits per heavy atom. The molecule has 0 unspecified atom stereocenters. The summed E-state index contributed by atoms with van der Waals surface area (Å²) in [5, 5.41) is 0. The van der Waals surface area contributed by atoms with Gasteiger partial charge in [0.1, 0.15) is 0 Å². The molecule has 0 amide bonds. The second kappa shape index (κ2) is 9.28. The second-order valence-electron chi connectivity index (χ2n) is 2.25. The molecular formula is C7H14O7. The van der Waals surface area contributed by atoms with Gasteiger partial charge < -0.3 is 33.2 Å². The normalized spacial score (nSPS) is 24.0. The first-order valence-electron chi connectivity index (χ1n) is 4.04. The van der Waals surface area contributed by atoms with E-state index < -0.39 is 0 Å². The highest BCUT2D eigenvalue weighted by Gasteiger charge is 1.94. The Balaban J connectivity index is 2.00. The smallest absolute Gasteiger partial charge is 0.152 e. The summed E-state index contributed by atoms with van der Waals surface area (Å²) in [5.74, 6) is 0. The molecular weight excluding hydrogens is 196 g/mol. The van der Waals surface area contributed by atoms with Gasteiger partial charge >= 0.3 is 0 Å². The lowest BCUT2D eigenvalue weighted by Gasteiger charge is -2.10. The summed E-state index contributed by atoms with van der Waals surface area (Å²) < 4.78 is 34.2. The van der Waals surface area contributed by atoms with Gasteiger partial charge in [-0.05, 0) is 0 Å². The van der Waals surface area contributed by atoms with Gasteiger partial charge in [-0.25, -0.2) is 0 Å². The summed E-state index contributed by atoms with van der Waals surface area (Å²) in [6.45, 7) is 0.753. The largest absolute Gasteiger partial charge is 0.329 e. The van der Waals surface area contributed by atoms with Gasteiger partial charge in [-0.3, -0.25) is 0 Å². The van der Waals surface area contributed by atoms with Crippen molar-refractivity contribution in [1.29, 1.82) is 0 Å². The third-order valence-corrected chi connectivity index (χ3v) is 1.17. The summed E-state index contributed by atoms with van der Waals surface area (Å²) in [5.41, 5.74) is 0. The zero-order chi connectivity index (χ0) is 9.90. The van der Waals surface area contributed by atoms with E-state index in [1.165, 1.54) is 0 Å². The van der Waals surface area contributed by atoms with E-state index in [2.05, 4.69) is 0 Å². The number of rotatable bonds is 0. The van der Waals surface area contributed by atoms with Crippen molar-refractivity contribution >= 4 is 0 Å². The average molecular weight is 210 g/mol. The van der Waals surface area contributed by atoms with E-state index in [-0.39, 0.29) is 47.6 Å². The number of ether oxygens (including phenoxy) is 7. The Morgan fingerprint density at radius 1 is 0.286 bits per heavy atom. The predicted molar refractivity (Wildman–Crippen MR) is 41.7 cm³/mol. The van der Waals surface area contributed by atoms with Crippen LogP contribution in [-0.2, 0) is 33.2 Å². The molecule has 1 rings (SSSR count). The molecule has 7 heteroatoms. The lowest BCUT2D eigenvalue weighted by Crippen LogP contribution is -2.14. The Hall–Kier alpha value is -0.280. The van der Waals surface area contributed by atoms with Crippen LogP contribution in [0.4, 0.5) is 0 Å². The lowest BCUT2D eigenvalue weighted by molar-refractivity contribution is -0.247. The van der Waals surface area contributed by atoms with E-state index in [9.17, 15) is 0 Å². The zero-order valence-electron chi connectivity index (χ0n) is 7.81. The molecule has 0 radical (unpaired) electrons. The van der Waals surface area contributed by atoms with Crippen LogP contribution in [0.3, 0.4) is 0 Å². The van der Waals surface area contributed by atoms with E-state index in [0.29, 0.717) is 0 Å². The predicted octanol–water partition coefficient (Wildman–Crippen LogP) is -0.181. The molecule has 0 atom stereocenters. The summed E-state index contributed by atoms with van der Waals surface area (Å²) in [6, 6.07) is 0. The maximum Gasteiger partial charge on any atom is 0.152 e. The minimum absolute atomic E-state index is 0.108. The van der Waals surface area contributed by atoms with Gasteiger partial charge in [-0.1, -0.05) is 0 Å². The van der Waals surface area contributed by atoms with Gasteiger partial charge in [0.05, 0.1) is 0 Å². The maximum absolute atomic E-state index is 4.89. The van der Waals surface area contributed by atoms with Gasteiger partial charge in [0.2, 0.25) is 0 Å². The molecule has 0 aromatic carbocycles. The highest BCUT2D eigenvalue weighted by Crippen LogP contribution is 1.88. The van der Waals surface area contributed by atoms with Crippen molar-refractivity contribution in [1.82, 2.24) is 0 Å². The molecule has 0 saturated carbocycles. The third kappa shape index (κ3) is 7.15. The minimum atomic E-state index is 0.108. The van der Waals surface area contributed by atoms with E-state index >= 15 is 0 Å². The third-order valence-electron chi connectivity index (χ3n) is 1.17. The van der Waals surface area contributed by atoms with Crippen LogP contribution in [0.1, 0.15) is 0 Å². The van der Waals surface area contributed by atoms with Gasteiger partial charge in [-0.15, -0.1) is 0 Å². The topological polar surface area (TPSA) is 64.6 Å². The lowest BCUT2D eigenvalue weighted by atomic mass is 11.2. The molecule has 0 N–H and O–H groups in total. The highest BCUT2D eigenvalue weighted by atomic mass is 16.8. The van der Waals surface area contributed by atoms with Crippen molar-refractivity contribution in [3.8, 4) is 0 Å². The fourth-order valence-electron chi connectivity index (χ4n) is 0.651. The molecule has 0 spiro atoms. The molecule has 0 aromatic heterocycles. The average Bonchev–Trinajstić information content (AvgIpc) is 2.22. The van der Waals surface area contributed by atoms with Crippen molar-refractivity contribution in [2.75, 3.05) is 47.6 Å². The van der Waals surface area contributed by atoms with Gasteiger partial charge in [0, 0.05) is 0 Å². The van der Waals surface area contributed by atoms with Crippen molar-refractivity contribution in [3.05, 3.63) is 0 Å². The second-order valence-corrected chi connectivity index (χ2v) is 2.25. The van der Waals surface area contributed by atoms with Crippen LogP contribution in [-0.4, -0.2) is 47.6 Å². The molecule has 0 bridgehead atoms. The Bertz CT molecular complexity index is 67.3. The van der Waals surface area contributed by atoms with Crippen molar-refractivity contribution < 1.29 is 33.2 Å². The molecule has 84 valence electrons. The molecule has 0 aromatic rings. The van der Waals surface area contributed by atoms with E-state index in [1.54, 1.807) is 0 Å². The van der Waals surface area contributed by atoms with Crippen LogP contribution in [0.15, 0.2) is 0 Å². The Kier molecular flexibility index (Phi) is 7.82. The molecule has 1 fully saturated rings. The summed E-state index contributed by atoms with van der Waals surface area (Å²) >= 11 is 0. The van der Waals surface area contributed by atoms with Gasteiger partial charge in [-0.2, -0.15) is 0 Å². The van der Waals surface area contributed by atoms with E-state index in [0.717, 1.165) is 0 Å². The highest BCUT2D eigenvalue weighted by molar-refractivity contribution is 4.10. The zero-order valence-corrected chi connectivity index (χ0v) is 7.81. The fourth-order valence-corrected chi connectivity index (χ4v) is 0.651. The van der Waals surface area contributed by atoms with Crippen LogP contribution in [0.5, 0.6) is 0 Å². The van der Waals surface area contributed by atoms with Crippen molar-refractivity contribution in [2.45, 2.75) is 0 Å². The first kappa shape index (κ1) is 11.8. The van der Waals surface area contributed by atoms with Crippen LogP contribution >= 0.6 is 0 Å². The number of hydrogen-bond donors (Lipinski definition) is 0. The van der Waals surface area contributed by atoms with Crippen molar-refractivity contribution in [2.24, 2.45) is 0 Å². The Labute approximate surface area is 81.7 Å². The first-order chi connectivity index (χ1) is 7.00. The van der Waals surface area contributed by atoms with Crippen LogP contribution in [0, 0.1) is 0 Å². The molecule has 0 aliphatic carbocycles. The monoisotopic (exact) mass is 210 g/mol. The van der Waals surface area contributed by atoms with Crippen LogP contribution in [0.2, 0.25) is 0 Å². The molecule has 1 aliphatic heterocycles. The van der Waals surface area contributed by atoms with Crippen molar-refractivity contribution in [3.63, 3.8) is 0 Å². The molecule has 7 nitrogen and oxygen atoms in total. The maximum atomic E-state index is 4.89. The van der Waals surface area contributed by atoms with E-state index in [4.69, 9.17) is 33.2 Å². The number of hydrogen-bond acceptors (Lipinski definition) is 7. The fraction of sp³-hybridized carbons (Fsp3) is 1.00. The molecule has 1 aliphatic rings. The van der Waals surface area contributed by atoms with Crippen LogP contribution in [0.25, 0.3) is 0 Å². The van der Waals surface area contributed by atoms with Crippen LogP contribution < -0.4 is 0 Å². The van der Waals surface area contributed by atoms with Gasteiger partial charge in [0.25, 0.3) is 0 Å². The molecule has 1 heterocycles. The molecule has 14 heavy (non-hydrogen) atoms. The summed E-state index contributed by atoms with van der Waals surface area (Å²) in [7, 11) is 0.